The summed E-state index contributed by atoms with van der Waals surface area (Å²) in [6.45, 7) is 10.8. The number of guanidine groups is 1. The predicted molar refractivity (Wildman–Crippen MR) is 115 cm³/mol. The first kappa shape index (κ1) is 22.6. The Morgan fingerprint density at radius 3 is 2.72 bits per heavy atom. The minimum absolute atomic E-state index is 0. The number of nitrogens with zero attached hydrogens (tertiary/aromatic N) is 2. The zero-order valence-electron chi connectivity index (χ0n) is 15.4. The number of hydrogen-bond acceptors (Lipinski definition) is 5. The van der Waals surface area contributed by atoms with Crippen molar-refractivity contribution in [3.05, 3.63) is 21.9 Å². The molecule has 1 aliphatic rings. The number of aryl methyl sites for hydroxylation is 1. The van der Waals surface area contributed by atoms with Crippen molar-refractivity contribution >= 4 is 41.3 Å². The van der Waals surface area contributed by atoms with E-state index in [4.69, 9.17) is 14.5 Å². The average molecular weight is 482 g/mol. The van der Waals surface area contributed by atoms with Crippen molar-refractivity contribution in [2.45, 2.75) is 19.9 Å². The zero-order valence-corrected chi connectivity index (χ0v) is 18.6. The largest absolute Gasteiger partial charge is 0.383 e. The van der Waals surface area contributed by atoms with Crippen LogP contribution in [0, 0.1) is 6.92 Å². The monoisotopic (exact) mass is 482 g/mol. The standard InChI is InChI=1S/C17H30N4O2S.HI/c1-4-18-17(19-7-10-22-3)20-13-15(16-6-5-14(2)24-16)21-8-11-23-12-9-21;/h5-6,15H,4,7-13H2,1-3H3,(H2,18,19,20);1H. The van der Waals surface area contributed by atoms with Crippen LogP contribution in [-0.4, -0.2) is 70.5 Å². The molecule has 0 amide bonds. The molecule has 0 aliphatic carbocycles. The van der Waals surface area contributed by atoms with Gasteiger partial charge in [0.25, 0.3) is 0 Å². The van der Waals surface area contributed by atoms with Gasteiger partial charge >= 0.3 is 0 Å². The van der Waals surface area contributed by atoms with Crippen LogP contribution >= 0.6 is 35.3 Å². The van der Waals surface area contributed by atoms with Gasteiger partial charge in [0.05, 0.1) is 32.4 Å². The Bertz CT molecular complexity index is 507. The van der Waals surface area contributed by atoms with E-state index >= 15 is 0 Å². The lowest BCUT2D eigenvalue weighted by Gasteiger charge is -2.33. The summed E-state index contributed by atoms with van der Waals surface area (Å²) >= 11 is 1.86. The highest BCUT2D eigenvalue weighted by atomic mass is 127. The molecule has 144 valence electrons. The fourth-order valence-corrected chi connectivity index (χ4v) is 3.70. The highest BCUT2D eigenvalue weighted by molar-refractivity contribution is 14.0. The number of aliphatic imine (C=N–C) groups is 1. The van der Waals surface area contributed by atoms with Gasteiger partial charge in [0.2, 0.25) is 0 Å². The quantitative estimate of drug-likeness (QED) is 0.258. The van der Waals surface area contributed by atoms with E-state index in [0.717, 1.165) is 51.9 Å². The van der Waals surface area contributed by atoms with Gasteiger partial charge in [0.15, 0.2) is 5.96 Å². The van der Waals surface area contributed by atoms with E-state index in [2.05, 4.69) is 41.5 Å². The van der Waals surface area contributed by atoms with Crippen molar-refractivity contribution in [2.75, 3.05) is 59.7 Å². The first-order valence-electron chi connectivity index (χ1n) is 8.63. The Morgan fingerprint density at radius 2 is 2.12 bits per heavy atom. The number of nitrogens with one attached hydrogen (secondary N) is 2. The maximum absolute atomic E-state index is 5.51. The summed E-state index contributed by atoms with van der Waals surface area (Å²) in [5.74, 6) is 0.848. The third kappa shape index (κ3) is 7.78. The van der Waals surface area contributed by atoms with Gasteiger partial charge in [-0.25, -0.2) is 0 Å². The molecular weight excluding hydrogens is 451 g/mol. The number of methoxy groups -OCH3 is 1. The lowest BCUT2D eigenvalue weighted by molar-refractivity contribution is 0.0186. The Hall–Kier alpha value is -0.420. The second-order valence-electron chi connectivity index (χ2n) is 5.75. The molecule has 1 aromatic heterocycles. The molecule has 0 radical (unpaired) electrons. The Kier molecular flexibility index (Phi) is 11.6. The fourth-order valence-electron chi connectivity index (χ4n) is 2.70. The smallest absolute Gasteiger partial charge is 0.191 e. The van der Waals surface area contributed by atoms with E-state index in [9.17, 15) is 0 Å². The highest BCUT2D eigenvalue weighted by Gasteiger charge is 2.23. The number of hydrogen-bond donors (Lipinski definition) is 2. The molecule has 1 fully saturated rings. The summed E-state index contributed by atoms with van der Waals surface area (Å²) in [6, 6.07) is 4.74. The second-order valence-corrected chi connectivity index (χ2v) is 7.07. The van der Waals surface area contributed by atoms with Crippen molar-refractivity contribution in [1.29, 1.82) is 0 Å². The normalized spacial score (nSPS) is 17.0. The molecule has 0 spiro atoms. The van der Waals surface area contributed by atoms with Crippen LogP contribution in [0.25, 0.3) is 0 Å². The van der Waals surface area contributed by atoms with E-state index in [-0.39, 0.29) is 24.0 Å². The van der Waals surface area contributed by atoms with Gasteiger partial charge in [-0.3, -0.25) is 9.89 Å². The van der Waals surface area contributed by atoms with Crippen molar-refractivity contribution < 1.29 is 9.47 Å². The molecule has 0 bridgehead atoms. The SMILES string of the molecule is CCNC(=NCC(c1ccc(C)s1)N1CCOCC1)NCCOC.I. The third-order valence-electron chi connectivity index (χ3n) is 3.94. The summed E-state index contributed by atoms with van der Waals surface area (Å²) in [4.78, 5) is 10.0. The molecule has 6 nitrogen and oxygen atoms in total. The topological polar surface area (TPSA) is 58.1 Å². The van der Waals surface area contributed by atoms with Gasteiger partial charge in [-0.2, -0.15) is 0 Å². The van der Waals surface area contributed by atoms with Gasteiger partial charge in [-0.15, -0.1) is 35.3 Å². The van der Waals surface area contributed by atoms with Crippen LogP contribution in [0.5, 0.6) is 0 Å². The Balaban J connectivity index is 0.00000312. The van der Waals surface area contributed by atoms with Crippen LogP contribution in [0.4, 0.5) is 0 Å². The first-order valence-corrected chi connectivity index (χ1v) is 9.45. The van der Waals surface area contributed by atoms with Gasteiger partial charge in [-0.1, -0.05) is 0 Å². The number of halogens is 1. The summed E-state index contributed by atoms with van der Waals surface area (Å²) in [5.41, 5.74) is 0. The minimum Gasteiger partial charge on any atom is -0.383 e. The van der Waals surface area contributed by atoms with Gasteiger partial charge in [0, 0.05) is 43.0 Å². The lowest BCUT2D eigenvalue weighted by Crippen LogP contribution is -2.42. The number of morpholine rings is 1. The molecule has 1 aliphatic heterocycles. The second kappa shape index (κ2) is 12.9. The first-order chi connectivity index (χ1) is 11.7. The van der Waals surface area contributed by atoms with Gasteiger partial charge < -0.3 is 20.1 Å². The van der Waals surface area contributed by atoms with Crippen molar-refractivity contribution in [2.24, 2.45) is 4.99 Å². The molecule has 1 aromatic rings. The fraction of sp³-hybridized carbons (Fsp3) is 0.706. The van der Waals surface area contributed by atoms with E-state index < -0.39 is 0 Å². The van der Waals surface area contributed by atoms with Crippen LogP contribution in [-0.2, 0) is 9.47 Å². The molecule has 2 N–H and O–H groups in total. The van der Waals surface area contributed by atoms with E-state index in [1.165, 1.54) is 9.75 Å². The molecule has 2 heterocycles. The molecule has 0 aromatic carbocycles. The maximum atomic E-state index is 5.51. The summed E-state index contributed by atoms with van der Waals surface area (Å²) in [7, 11) is 1.71. The zero-order chi connectivity index (χ0) is 17.2. The molecule has 1 atom stereocenters. The molecule has 8 heteroatoms. The molecule has 0 saturated carbocycles. The number of rotatable bonds is 8. The molecular formula is C17H31IN4O2S. The minimum atomic E-state index is 0. The molecule has 1 saturated heterocycles. The molecule has 25 heavy (non-hydrogen) atoms. The van der Waals surface area contributed by atoms with Crippen LogP contribution in [0.15, 0.2) is 17.1 Å². The maximum Gasteiger partial charge on any atom is 0.191 e. The van der Waals surface area contributed by atoms with E-state index in [1.807, 2.05) is 11.3 Å². The van der Waals surface area contributed by atoms with Crippen molar-refractivity contribution in [3.63, 3.8) is 0 Å². The lowest BCUT2D eigenvalue weighted by atomic mass is 10.2. The van der Waals surface area contributed by atoms with Crippen molar-refractivity contribution in [1.82, 2.24) is 15.5 Å². The van der Waals surface area contributed by atoms with Crippen molar-refractivity contribution in [3.8, 4) is 0 Å². The summed E-state index contributed by atoms with van der Waals surface area (Å²) in [5, 5.41) is 6.61. The third-order valence-corrected chi connectivity index (χ3v) is 5.04. The summed E-state index contributed by atoms with van der Waals surface area (Å²) in [6.07, 6.45) is 0. The van der Waals surface area contributed by atoms with Crippen LogP contribution in [0.1, 0.15) is 22.7 Å². The van der Waals surface area contributed by atoms with E-state index in [1.54, 1.807) is 7.11 Å². The summed E-state index contributed by atoms with van der Waals surface area (Å²) < 4.78 is 10.6. The molecule has 2 rings (SSSR count). The van der Waals surface area contributed by atoms with Gasteiger partial charge in [0.1, 0.15) is 0 Å². The predicted octanol–water partition coefficient (Wildman–Crippen LogP) is 2.25. The highest BCUT2D eigenvalue weighted by Crippen LogP contribution is 2.28. The van der Waals surface area contributed by atoms with Crippen LogP contribution in [0.2, 0.25) is 0 Å². The van der Waals surface area contributed by atoms with Crippen LogP contribution < -0.4 is 10.6 Å². The number of ether oxygens (including phenoxy) is 2. The number of thiophene rings is 1. The molecule has 1 unspecified atom stereocenters. The Morgan fingerprint density at radius 1 is 1.36 bits per heavy atom. The van der Waals surface area contributed by atoms with Crippen LogP contribution in [0.3, 0.4) is 0 Å². The van der Waals surface area contributed by atoms with Gasteiger partial charge in [-0.05, 0) is 26.0 Å². The Labute approximate surface area is 172 Å². The van der Waals surface area contributed by atoms with E-state index in [0.29, 0.717) is 12.6 Å². The average Bonchev–Trinajstić information content (AvgIpc) is 3.02.